The van der Waals surface area contributed by atoms with Crippen LogP contribution in [-0.4, -0.2) is 38.1 Å². The molecule has 3 rings (SSSR count). The zero-order chi connectivity index (χ0) is 11.9. The van der Waals surface area contributed by atoms with Gasteiger partial charge in [-0.3, -0.25) is 0 Å². The predicted octanol–water partition coefficient (Wildman–Crippen LogP) is 1.39. The molecular formula is C14H21N3. The zero-order valence-corrected chi connectivity index (χ0v) is 10.5. The Kier molecular flexibility index (Phi) is 2.60. The second-order valence-electron chi connectivity index (χ2n) is 5.49. The number of piperazine rings is 1. The van der Waals surface area contributed by atoms with Crippen LogP contribution in [0.3, 0.4) is 0 Å². The van der Waals surface area contributed by atoms with Crippen LogP contribution in [0.2, 0.25) is 0 Å². The van der Waals surface area contributed by atoms with E-state index in [0.717, 1.165) is 39.0 Å². The molecule has 2 fully saturated rings. The van der Waals surface area contributed by atoms with Gasteiger partial charge in [0.2, 0.25) is 0 Å². The molecule has 17 heavy (non-hydrogen) atoms. The predicted molar refractivity (Wildman–Crippen MR) is 71.3 cm³/mol. The first-order chi connectivity index (χ1) is 8.17. The number of hydrogen-bond acceptors (Lipinski definition) is 3. The minimum Gasteiger partial charge on any atom is -0.369 e. The Morgan fingerprint density at radius 2 is 1.59 bits per heavy atom. The number of hydrogen-bond donors (Lipinski definition) is 1. The second-order valence-corrected chi connectivity index (χ2v) is 5.49. The van der Waals surface area contributed by atoms with E-state index in [2.05, 4.69) is 41.1 Å². The maximum Gasteiger partial charge on any atom is 0.0411 e. The summed E-state index contributed by atoms with van der Waals surface area (Å²) in [5, 5.41) is 0. The summed E-state index contributed by atoms with van der Waals surface area (Å²) in [5.74, 6) is 0. The van der Waals surface area contributed by atoms with E-state index in [1.165, 1.54) is 11.3 Å². The average molecular weight is 231 g/mol. The highest BCUT2D eigenvalue weighted by molar-refractivity contribution is 5.49. The van der Waals surface area contributed by atoms with E-state index in [1.807, 2.05) is 0 Å². The van der Waals surface area contributed by atoms with Crippen molar-refractivity contribution in [2.24, 2.45) is 5.73 Å². The van der Waals surface area contributed by atoms with Gasteiger partial charge < -0.3 is 15.5 Å². The van der Waals surface area contributed by atoms with Gasteiger partial charge in [-0.2, -0.15) is 0 Å². The molecule has 1 heterocycles. The van der Waals surface area contributed by atoms with Crippen LogP contribution in [0.25, 0.3) is 0 Å². The summed E-state index contributed by atoms with van der Waals surface area (Å²) >= 11 is 0. The number of nitrogens with zero attached hydrogens (tertiary/aromatic N) is 2. The van der Waals surface area contributed by atoms with Gasteiger partial charge in [0.15, 0.2) is 0 Å². The van der Waals surface area contributed by atoms with Crippen LogP contribution in [0.15, 0.2) is 24.3 Å². The van der Waals surface area contributed by atoms with Crippen molar-refractivity contribution < 1.29 is 0 Å². The van der Waals surface area contributed by atoms with Crippen LogP contribution in [0.4, 0.5) is 5.69 Å². The Morgan fingerprint density at radius 1 is 1.00 bits per heavy atom. The lowest BCUT2D eigenvalue weighted by atomic mass is 10.1. The van der Waals surface area contributed by atoms with Gasteiger partial charge in [0, 0.05) is 37.4 Å². The van der Waals surface area contributed by atoms with Crippen molar-refractivity contribution in [3.63, 3.8) is 0 Å². The Morgan fingerprint density at radius 3 is 2.12 bits per heavy atom. The van der Waals surface area contributed by atoms with Gasteiger partial charge in [0.25, 0.3) is 0 Å². The summed E-state index contributed by atoms with van der Waals surface area (Å²) in [5.41, 5.74) is 8.84. The zero-order valence-electron chi connectivity index (χ0n) is 10.5. The van der Waals surface area contributed by atoms with E-state index in [0.29, 0.717) is 0 Å². The summed E-state index contributed by atoms with van der Waals surface area (Å²) in [7, 11) is 2.19. The van der Waals surface area contributed by atoms with Crippen molar-refractivity contribution in [1.82, 2.24) is 4.90 Å². The molecule has 1 aliphatic heterocycles. The van der Waals surface area contributed by atoms with Crippen LogP contribution in [0, 0.1) is 0 Å². The minimum atomic E-state index is 0.000641. The van der Waals surface area contributed by atoms with Crippen molar-refractivity contribution in [1.29, 1.82) is 0 Å². The highest BCUT2D eigenvalue weighted by Gasteiger charge is 2.39. The Balaban J connectivity index is 1.71. The molecule has 0 spiro atoms. The lowest BCUT2D eigenvalue weighted by Crippen LogP contribution is -2.44. The van der Waals surface area contributed by atoms with Crippen LogP contribution in [0.5, 0.6) is 0 Å². The third-order valence-corrected chi connectivity index (χ3v) is 4.10. The van der Waals surface area contributed by atoms with Crippen molar-refractivity contribution in [2.45, 2.75) is 18.4 Å². The van der Waals surface area contributed by atoms with Crippen LogP contribution < -0.4 is 10.6 Å². The van der Waals surface area contributed by atoms with Gasteiger partial charge in [-0.25, -0.2) is 0 Å². The molecule has 2 aliphatic rings. The molecule has 1 aromatic carbocycles. The third-order valence-electron chi connectivity index (χ3n) is 4.10. The summed E-state index contributed by atoms with van der Waals surface area (Å²) < 4.78 is 0. The monoisotopic (exact) mass is 231 g/mol. The Hall–Kier alpha value is -1.06. The first-order valence-electron chi connectivity index (χ1n) is 6.50. The molecule has 0 radical (unpaired) electrons. The highest BCUT2D eigenvalue weighted by atomic mass is 15.2. The maximum absolute atomic E-state index is 6.19. The van der Waals surface area contributed by atoms with Crippen molar-refractivity contribution in [3.05, 3.63) is 29.8 Å². The molecule has 3 nitrogen and oxygen atoms in total. The summed E-state index contributed by atoms with van der Waals surface area (Å²) in [4.78, 5) is 4.84. The fraction of sp³-hybridized carbons (Fsp3) is 0.571. The number of likely N-dealkylation sites (N-methyl/N-ethyl adjacent to an activating group) is 1. The largest absolute Gasteiger partial charge is 0.369 e. The molecule has 3 heteroatoms. The molecule has 92 valence electrons. The Bertz CT molecular complexity index is 386. The number of anilines is 1. The van der Waals surface area contributed by atoms with Crippen molar-refractivity contribution in [2.75, 3.05) is 38.1 Å². The van der Waals surface area contributed by atoms with Gasteiger partial charge in [0.05, 0.1) is 0 Å². The van der Waals surface area contributed by atoms with Crippen molar-refractivity contribution in [3.8, 4) is 0 Å². The first kappa shape index (κ1) is 11.1. The van der Waals surface area contributed by atoms with Crippen LogP contribution in [-0.2, 0) is 5.54 Å². The molecule has 0 atom stereocenters. The molecule has 1 aliphatic carbocycles. The van der Waals surface area contributed by atoms with E-state index < -0.39 is 0 Å². The number of nitrogens with two attached hydrogens (primary N) is 1. The van der Waals surface area contributed by atoms with Gasteiger partial charge in [-0.05, 0) is 37.6 Å². The lowest BCUT2D eigenvalue weighted by molar-refractivity contribution is 0.313. The molecule has 2 N–H and O–H groups in total. The van der Waals surface area contributed by atoms with E-state index in [-0.39, 0.29) is 5.54 Å². The van der Waals surface area contributed by atoms with E-state index in [1.54, 1.807) is 0 Å². The molecule has 0 bridgehead atoms. The minimum absolute atomic E-state index is 0.000641. The smallest absolute Gasteiger partial charge is 0.0411 e. The molecule has 0 unspecified atom stereocenters. The van der Waals surface area contributed by atoms with Gasteiger partial charge in [-0.1, -0.05) is 12.1 Å². The summed E-state index contributed by atoms with van der Waals surface area (Å²) in [6.07, 6.45) is 2.28. The lowest BCUT2D eigenvalue weighted by Gasteiger charge is -2.34. The third kappa shape index (κ3) is 2.17. The normalized spacial score (nSPS) is 23.8. The molecule has 1 saturated carbocycles. The summed E-state index contributed by atoms with van der Waals surface area (Å²) in [6, 6.07) is 8.88. The fourth-order valence-corrected chi connectivity index (χ4v) is 2.49. The van der Waals surface area contributed by atoms with Gasteiger partial charge in [0.1, 0.15) is 0 Å². The quantitative estimate of drug-likeness (QED) is 0.835. The maximum atomic E-state index is 6.19. The van der Waals surface area contributed by atoms with Gasteiger partial charge in [-0.15, -0.1) is 0 Å². The SMILES string of the molecule is CN1CCN(c2ccc(C3(N)CC3)cc2)CC1. The van der Waals surface area contributed by atoms with Crippen molar-refractivity contribution >= 4 is 5.69 Å². The standard InChI is InChI=1S/C14H21N3/c1-16-8-10-17(11-9-16)13-4-2-12(3-5-13)14(15)6-7-14/h2-5H,6-11,15H2,1H3. The number of benzene rings is 1. The second kappa shape index (κ2) is 4.00. The Labute approximate surface area is 103 Å². The first-order valence-corrected chi connectivity index (χ1v) is 6.50. The topological polar surface area (TPSA) is 32.5 Å². The van der Waals surface area contributed by atoms with E-state index in [9.17, 15) is 0 Å². The average Bonchev–Trinajstić information content (AvgIpc) is 3.10. The van der Waals surface area contributed by atoms with E-state index >= 15 is 0 Å². The molecule has 0 amide bonds. The molecule has 0 aromatic heterocycles. The molecular weight excluding hydrogens is 210 g/mol. The van der Waals surface area contributed by atoms with Gasteiger partial charge >= 0.3 is 0 Å². The van der Waals surface area contributed by atoms with Crippen LogP contribution >= 0.6 is 0 Å². The van der Waals surface area contributed by atoms with Crippen LogP contribution in [0.1, 0.15) is 18.4 Å². The number of rotatable bonds is 2. The van der Waals surface area contributed by atoms with E-state index in [4.69, 9.17) is 5.73 Å². The summed E-state index contributed by atoms with van der Waals surface area (Å²) in [6.45, 7) is 4.57. The fourth-order valence-electron chi connectivity index (χ4n) is 2.49. The molecule has 1 aromatic rings. The highest BCUT2D eigenvalue weighted by Crippen LogP contribution is 2.42. The molecule has 1 saturated heterocycles.